The summed E-state index contributed by atoms with van der Waals surface area (Å²) in [5.41, 5.74) is 3.57. The second-order valence-corrected chi connectivity index (χ2v) is 7.96. The topological polar surface area (TPSA) is 36.4 Å². The van der Waals surface area contributed by atoms with Gasteiger partial charge in [0.15, 0.2) is 0 Å². The van der Waals surface area contributed by atoms with Crippen LogP contribution in [0.2, 0.25) is 0 Å². The molecular formula is C24H24N2OS. The molecule has 4 heteroatoms. The summed E-state index contributed by atoms with van der Waals surface area (Å²) in [7, 11) is 0. The molecule has 0 aliphatic carbocycles. The van der Waals surface area contributed by atoms with Crippen molar-refractivity contribution in [3.63, 3.8) is 0 Å². The molecule has 142 valence electrons. The maximum absolute atomic E-state index is 9.48. The van der Waals surface area contributed by atoms with Crippen molar-refractivity contribution in [3.05, 3.63) is 101 Å². The maximum atomic E-state index is 9.48. The fraction of sp³-hybridized carbons (Fsp3) is 0.208. The van der Waals surface area contributed by atoms with Crippen LogP contribution in [0, 0.1) is 0 Å². The van der Waals surface area contributed by atoms with Crippen molar-refractivity contribution in [1.82, 2.24) is 9.88 Å². The van der Waals surface area contributed by atoms with E-state index in [2.05, 4.69) is 83.8 Å². The standard InChI is InChI=1S/C24H24N2OS/c27-17-9-16-26(18-23-25-21-14-7-8-15-22(21)28-23)24(19-10-3-1-4-11-19)20-12-5-2-6-13-20/h1-8,10-15,24,27H,9,16-18H2. The molecular weight excluding hydrogens is 364 g/mol. The molecule has 1 aromatic heterocycles. The number of thiazole rings is 1. The molecule has 0 spiro atoms. The third-order valence-corrected chi connectivity index (χ3v) is 5.90. The number of aliphatic hydroxyl groups excluding tert-OH is 1. The molecule has 1 N–H and O–H groups in total. The van der Waals surface area contributed by atoms with Gasteiger partial charge in [-0.2, -0.15) is 0 Å². The molecule has 3 aromatic carbocycles. The van der Waals surface area contributed by atoms with Crippen LogP contribution in [-0.2, 0) is 6.54 Å². The average molecular weight is 389 g/mol. The quantitative estimate of drug-likeness (QED) is 0.447. The normalized spacial score (nSPS) is 11.5. The minimum absolute atomic E-state index is 0.126. The number of para-hydroxylation sites is 1. The number of aliphatic hydroxyl groups is 1. The van der Waals surface area contributed by atoms with Gasteiger partial charge in [0, 0.05) is 13.2 Å². The predicted molar refractivity (Wildman–Crippen MR) is 116 cm³/mol. The molecule has 4 aromatic rings. The van der Waals surface area contributed by atoms with Crippen molar-refractivity contribution in [1.29, 1.82) is 0 Å². The van der Waals surface area contributed by atoms with Gasteiger partial charge in [0.25, 0.3) is 0 Å². The van der Waals surface area contributed by atoms with Crippen LogP contribution in [-0.4, -0.2) is 28.1 Å². The van der Waals surface area contributed by atoms with Crippen LogP contribution in [0.15, 0.2) is 84.9 Å². The van der Waals surface area contributed by atoms with E-state index < -0.39 is 0 Å². The van der Waals surface area contributed by atoms with Gasteiger partial charge in [0.05, 0.1) is 22.8 Å². The van der Waals surface area contributed by atoms with E-state index in [9.17, 15) is 5.11 Å². The Morgan fingerprint density at radius 3 is 2.04 bits per heavy atom. The molecule has 0 aliphatic rings. The van der Waals surface area contributed by atoms with E-state index in [1.54, 1.807) is 11.3 Å². The van der Waals surface area contributed by atoms with Crippen LogP contribution in [0.25, 0.3) is 10.2 Å². The summed E-state index contributed by atoms with van der Waals surface area (Å²) in [6.07, 6.45) is 0.737. The van der Waals surface area contributed by atoms with Gasteiger partial charge in [-0.15, -0.1) is 11.3 Å². The molecule has 1 heterocycles. The highest BCUT2D eigenvalue weighted by molar-refractivity contribution is 7.18. The van der Waals surface area contributed by atoms with E-state index in [0.29, 0.717) is 0 Å². The summed E-state index contributed by atoms with van der Waals surface area (Å²) in [5.74, 6) is 0. The van der Waals surface area contributed by atoms with Crippen molar-refractivity contribution in [2.45, 2.75) is 19.0 Å². The lowest BCUT2D eigenvalue weighted by Crippen LogP contribution is -2.30. The first-order valence-corrected chi connectivity index (χ1v) is 10.5. The first-order valence-electron chi connectivity index (χ1n) is 9.64. The monoisotopic (exact) mass is 388 g/mol. The lowest BCUT2D eigenvalue weighted by Gasteiger charge is -2.32. The largest absolute Gasteiger partial charge is 0.396 e. The summed E-state index contributed by atoms with van der Waals surface area (Å²) in [5, 5.41) is 10.6. The van der Waals surface area contributed by atoms with E-state index in [1.807, 2.05) is 6.07 Å². The molecule has 4 rings (SSSR count). The molecule has 0 unspecified atom stereocenters. The van der Waals surface area contributed by atoms with E-state index in [1.165, 1.54) is 15.8 Å². The van der Waals surface area contributed by atoms with Crippen molar-refractivity contribution in [2.75, 3.05) is 13.2 Å². The highest BCUT2D eigenvalue weighted by atomic mass is 32.1. The fourth-order valence-electron chi connectivity index (χ4n) is 3.62. The van der Waals surface area contributed by atoms with Crippen LogP contribution in [0.3, 0.4) is 0 Å². The molecule has 0 aliphatic heterocycles. The second-order valence-electron chi connectivity index (χ2n) is 6.85. The molecule has 0 saturated carbocycles. The summed E-state index contributed by atoms with van der Waals surface area (Å²) < 4.78 is 1.22. The Kier molecular flexibility index (Phi) is 6.12. The van der Waals surface area contributed by atoms with E-state index in [4.69, 9.17) is 4.98 Å². The van der Waals surface area contributed by atoms with E-state index in [0.717, 1.165) is 30.0 Å². The van der Waals surface area contributed by atoms with Crippen molar-refractivity contribution in [3.8, 4) is 0 Å². The Balaban J connectivity index is 1.71. The number of hydrogen-bond donors (Lipinski definition) is 1. The molecule has 0 saturated heterocycles. The highest BCUT2D eigenvalue weighted by Crippen LogP contribution is 2.32. The molecule has 28 heavy (non-hydrogen) atoms. The minimum atomic E-state index is 0.126. The zero-order chi connectivity index (χ0) is 19.2. The number of benzene rings is 3. The Bertz CT molecular complexity index is 928. The fourth-order valence-corrected chi connectivity index (χ4v) is 4.61. The van der Waals surface area contributed by atoms with Gasteiger partial charge in [-0.25, -0.2) is 4.98 Å². The molecule has 0 radical (unpaired) electrons. The van der Waals surface area contributed by atoms with E-state index in [-0.39, 0.29) is 12.6 Å². The van der Waals surface area contributed by atoms with Crippen molar-refractivity contribution in [2.24, 2.45) is 0 Å². The summed E-state index contributed by atoms with van der Waals surface area (Å²) in [6.45, 7) is 1.75. The average Bonchev–Trinajstić information content (AvgIpc) is 3.16. The number of rotatable bonds is 8. The summed E-state index contributed by atoms with van der Waals surface area (Å²) in [4.78, 5) is 7.27. The SMILES string of the molecule is OCCCN(Cc1nc2ccccc2s1)C(c1ccccc1)c1ccccc1. The van der Waals surface area contributed by atoms with Gasteiger partial charge < -0.3 is 5.11 Å². The molecule has 0 bridgehead atoms. The lowest BCUT2D eigenvalue weighted by molar-refractivity contribution is 0.186. The maximum Gasteiger partial charge on any atom is 0.108 e. The second kappa shape index (κ2) is 9.11. The minimum Gasteiger partial charge on any atom is -0.396 e. The van der Waals surface area contributed by atoms with Gasteiger partial charge in [0.1, 0.15) is 5.01 Å². The molecule has 0 amide bonds. The van der Waals surface area contributed by atoms with Crippen LogP contribution in [0.4, 0.5) is 0 Å². The Morgan fingerprint density at radius 2 is 1.43 bits per heavy atom. The lowest BCUT2D eigenvalue weighted by atomic mass is 9.97. The predicted octanol–water partition coefficient (Wildman–Crippen LogP) is 5.27. The first-order chi connectivity index (χ1) is 13.8. The third kappa shape index (κ3) is 4.30. The zero-order valence-electron chi connectivity index (χ0n) is 15.7. The Morgan fingerprint density at radius 1 is 0.821 bits per heavy atom. The number of nitrogens with zero attached hydrogens (tertiary/aromatic N) is 2. The van der Waals surface area contributed by atoms with Crippen molar-refractivity contribution >= 4 is 21.6 Å². The Labute approximate surface area is 169 Å². The van der Waals surface area contributed by atoms with Gasteiger partial charge in [-0.3, -0.25) is 4.90 Å². The van der Waals surface area contributed by atoms with Crippen molar-refractivity contribution < 1.29 is 5.11 Å². The zero-order valence-corrected chi connectivity index (χ0v) is 16.6. The highest BCUT2D eigenvalue weighted by Gasteiger charge is 2.23. The summed E-state index contributed by atoms with van der Waals surface area (Å²) in [6, 6.07) is 29.6. The summed E-state index contributed by atoms with van der Waals surface area (Å²) >= 11 is 1.75. The number of hydrogen-bond acceptors (Lipinski definition) is 4. The molecule has 0 atom stereocenters. The smallest absolute Gasteiger partial charge is 0.108 e. The van der Waals surface area contributed by atoms with Gasteiger partial charge in [-0.05, 0) is 29.7 Å². The number of aromatic nitrogens is 1. The van der Waals surface area contributed by atoms with Gasteiger partial charge in [-0.1, -0.05) is 72.8 Å². The first kappa shape index (κ1) is 18.8. The van der Waals surface area contributed by atoms with E-state index >= 15 is 0 Å². The Hall–Kier alpha value is -2.53. The number of fused-ring (bicyclic) bond motifs is 1. The van der Waals surface area contributed by atoms with Crippen LogP contribution >= 0.6 is 11.3 Å². The van der Waals surface area contributed by atoms with Gasteiger partial charge in [0.2, 0.25) is 0 Å². The molecule has 0 fully saturated rings. The van der Waals surface area contributed by atoms with Gasteiger partial charge >= 0.3 is 0 Å². The third-order valence-electron chi connectivity index (χ3n) is 4.88. The molecule has 3 nitrogen and oxygen atoms in total. The van der Waals surface area contributed by atoms with Crippen LogP contribution < -0.4 is 0 Å². The van der Waals surface area contributed by atoms with Crippen LogP contribution in [0.1, 0.15) is 28.6 Å². The van der Waals surface area contributed by atoms with Crippen LogP contribution in [0.5, 0.6) is 0 Å².